The third kappa shape index (κ3) is 1.70. The molecule has 0 radical (unpaired) electrons. The monoisotopic (exact) mass is 227 g/mol. The molecule has 1 saturated carbocycles. The Morgan fingerprint density at radius 1 is 1.38 bits per heavy atom. The van der Waals surface area contributed by atoms with Gasteiger partial charge in [0, 0.05) is 12.0 Å². The van der Waals surface area contributed by atoms with Crippen molar-refractivity contribution in [3.8, 4) is 16.6 Å². The van der Waals surface area contributed by atoms with Gasteiger partial charge in [-0.3, -0.25) is 0 Å². The van der Waals surface area contributed by atoms with Gasteiger partial charge >= 0.3 is 0 Å². The Balaban J connectivity index is 2.11. The zero-order valence-electron chi connectivity index (χ0n) is 8.55. The van der Waals surface area contributed by atoms with E-state index in [0.717, 1.165) is 29.2 Å². The number of hydrogen-bond donors (Lipinski definition) is 0. The van der Waals surface area contributed by atoms with Gasteiger partial charge in [0.25, 0.3) is 0 Å². The van der Waals surface area contributed by atoms with E-state index >= 15 is 0 Å². The Hall–Kier alpha value is -1.73. The first kappa shape index (κ1) is 9.49. The number of hydrogen-bond acceptors (Lipinski definition) is 4. The van der Waals surface area contributed by atoms with Crippen molar-refractivity contribution in [2.75, 3.05) is 0 Å². The fourth-order valence-corrected chi connectivity index (χ4v) is 2.28. The SMILES string of the molecule is N#Cc1cc(-c2cccs2)nc(C2CC2)n1. The molecule has 2 aromatic rings. The maximum absolute atomic E-state index is 8.95. The van der Waals surface area contributed by atoms with Gasteiger partial charge in [-0.15, -0.1) is 11.3 Å². The van der Waals surface area contributed by atoms with Gasteiger partial charge in [-0.25, -0.2) is 9.97 Å². The van der Waals surface area contributed by atoms with Gasteiger partial charge in [0.2, 0.25) is 0 Å². The highest BCUT2D eigenvalue weighted by Gasteiger charge is 2.27. The summed E-state index contributed by atoms with van der Waals surface area (Å²) in [6.45, 7) is 0. The molecule has 78 valence electrons. The summed E-state index contributed by atoms with van der Waals surface area (Å²) >= 11 is 1.64. The van der Waals surface area contributed by atoms with Crippen LogP contribution in [0.1, 0.15) is 30.3 Å². The van der Waals surface area contributed by atoms with Crippen LogP contribution in [0.25, 0.3) is 10.6 Å². The van der Waals surface area contributed by atoms with Crippen molar-refractivity contribution < 1.29 is 0 Å². The number of thiophene rings is 1. The van der Waals surface area contributed by atoms with Crippen molar-refractivity contribution in [1.82, 2.24) is 9.97 Å². The highest BCUT2D eigenvalue weighted by molar-refractivity contribution is 7.13. The molecular weight excluding hydrogens is 218 g/mol. The van der Waals surface area contributed by atoms with Crippen LogP contribution >= 0.6 is 11.3 Å². The molecule has 1 aliphatic rings. The van der Waals surface area contributed by atoms with Gasteiger partial charge in [-0.05, 0) is 24.3 Å². The summed E-state index contributed by atoms with van der Waals surface area (Å²) in [5.74, 6) is 1.31. The second-order valence-electron chi connectivity index (χ2n) is 3.86. The Morgan fingerprint density at radius 3 is 2.88 bits per heavy atom. The topological polar surface area (TPSA) is 49.6 Å². The minimum absolute atomic E-state index is 0.473. The largest absolute Gasteiger partial charge is 0.232 e. The molecule has 3 nitrogen and oxygen atoms in total. The molecule has 0 bridgehead atoms. The van der Waals surface area contributed by atoms with Gasteiger partial charge < -0.3 is 0 Å². The maximum Gasteiger partial charge on any atom is 0.144 e. The lowest BCUT2D eigenvalue weighted by atomic mass is 10.2. The van der Waals surface area contributed by atoms with Crippen molar-refractivity contribution in [3.05, 3.63) is 35.1 Å². The first-order valence-electron chi connectivity index (χ1n) is 5.20. The zero-order valence-corrected chi connectivity index (χ0v) is 9.37. The second kappa shape index (κ2) is 3.69. The summed E-state index contributed by atoms with van der Waals surface area (Å²) in [5.41, 5.74) is 1.35. The first-order chi connectivity index (χ1) is 7.86. The summed E-state index contributed by atoms with van der Waals surface area (Å²) in [4.78, 5) is 9.89. The molecule has 0 saturated heterocycles. The second-order valence-corrected chi connectivity index (χ2v) is 4.81. The number of nitriles is 1. The molecule has 0 spiro atoms. The van der Waals surface area contributed by atoms with E-state index < -0.39 is 0 Å². The fourth-order valence-electron chi connectivity index (χ4n) is 1.60. The average Bonchev–Trinajstić information content (AvgIpc) is 3.04. The minimum Gasteiger partial charge on any atom is -0.232 e. The Labute approximate surface area is 97.4 Å². The molecule has 0 unspecified atom stereocenters. The molecule has 3 rings (SSSR count). The molecule has 2 heterocycles. The number of nitrogens with zero attached hydrogens (tertiary/aromatic N) is 3. The summed E-state index contributed by atoms with van der Waals surface area (Å²) in [7, 11) is 0. The average molecular weight is 227 g/mol. The lowest BCUT2D eigenvalue weighted by Crippen LogP contribution is -1.97. The van der Waals surface area contributed by atoms with Crippen molar-refractivity contribution >= 4 is 11.3 Å². The molecule has 1 aliphatic carbocycles. The van der Waals surface area contributed by atoms with E-state index in [1.54, 1.807) is 17.4 Å². The highest BCUT2D eigenvalue weighted by atomic mass is 32.1. The van der Waals surface area contributed by atoms with Crippen molar-refractivity contribution in [3.63, 3.8) is 0 Å². The van der Waals surface area contributed by atoms with Crippen molar-refractivity contribution in [1.29, 1.82) is 5.26 Å². The minimum atomic E-state index is 0.473. The Morgan fingerprint density at radius 2 is 2.25 bits per heavy atom. The molecule has 0 aliphatic heterocycles. The lowest BCUT2D eigenvalue weighted by molar-refractivity contribution is 0.923. The van der Waals surface area contributed by atoms with Crippen LogP contribution in [0, 0.1) is 11.3 Å². The lowest BCUT2D eigenvalue weighted by Gasteiger charge is -2.01. The Bertz CT molecular complexity index is 550. The zero-order chi connectivity index (χ0) is 11.0. The molecule has 0 atom stereocenters. The highest BCUT2D eigenvalue weighted by Crippen LogP contribution is 2.39. The standard InChI is InChI=1S/C12H9N3S/c13-7-9-6-10(11-2-1-5-16-11)15-12(14-9)8-3-4-8/h1-2,5-6,8H,3-4H2. The van der Waals surface area contributed by atoms with E-state index in [1.807, 2.05) is 17.5 Å². The molecule has 4 heteroatoms. The van der Waals surface area contributed by atoms with E-state index in [9.17, 15) is 0 Å². The summed E-state index contributed by atoms with van der Waals surface area (Å²) in [6, 6.07) is 7.88. The van der Waals surface area contributed by atoms with Crippen molar-refractivity contribution in [2.24, 2.45) is 0 Å². The normalized spacial score (nSPS) is 14.7. The molecule has 2 aromatic heterocycles. The van der Waals surface area contributed by atoms with Gasteiger partial charge in [-0.1, -0.05) is 6.07 Å². The molecule has 16 heavy (non-hydrogen) atoms. The predicted molar refractivity (Wildman–Crippen MR) is 62.0 cm³/mol. The third-order valence-electron chi connectivity index (χ3n) is 2.57. The summed E-state index contributed by atoms with van der Waals surface area (Å²) < 4.78 is 0. The third-order valence-corrected chi connectivity index (χ3v) is 3.47. The van der Waals surface area contributed by atoms with E-state index in [0.29, 0.717) is 11.6 Å². The van der Waals surface area contributed by atoms with Crippen LogP contribution in [0.3, 0.4) is 0 Å². The molecule has 0 N–H and O–H groups in total. The van der Waals surface area contributed by atoms with Crippen LogP contribution in [0.2, 0.25) is 0 Å². The molecule has 0 amide bonds. The van der Waals surface area contributed by atoms with Crippen LogP contribution in [0.5, 0.6) is 0 Å². The predicted octanol–water partition coefficient (Wildman–Crippen LogP) is 2.95. The molecule has 0 aromatic carbocycles. The van der Waals surface area contributed by atoms with Crippen LogP contribution in [0.15, 0.2) is 23.6 Å². The van der Waals surface area contributed by atoms with Crippen LogP contribution in [0.4, 0.5) is 0 Å². The number of rotatable bonds is 2. The summed E-state index contributed by atoms with van der Waals surface area (Å²) in [5, 5.41) is 11.0. The maximum atomic E-state index is 8.95. The quantitative estimate of drug-likeness (QED) is 0.792. The van der Waals surface area contributed by atoms with Crippen LogP contribution in [-0.2, 0) is 0 Å². The molecule has 1 fully saturated rings. The van der Waals surface area contributed by atoms with E-state index in [1.165, 1.54) is 0 Å². The van der Waals surface area contributed by atoms with Crippen LogP contribution < -0.4 is 0 Å². The van der Waals surface area contributed by atoms with E-state index in [4.69, 9.17) is 5.26 Å². The fraction of sp³-hybridized carbons (Fsp3) is 0.250. The van der Waals surface area contributed by atoms with E-state index in [2.05, 4.69) is 16.0 Å². The first-order valence-corrected chi connectivity index (χ1v) is 6.08. The Kier molecular flexibility index (Phi) is 2.19. The van der Waals surface area contributed by atoms with Gasteiger partial charge in [0.05, 0.1) is 10.6 Å². The number of aromatic nitrogens is 2. The van der Waals surface area contributed by atoms with Gasteiger partial charge in [0.1, 0.15) is 17.6 Å². The molecular formula is C12H9N3S. The smallest absolute Gasteiger partial charge is 0.144 e. The van der Waals surface area contributed by atoms with Gasteiger partial charge in [0.15, 0.2) is 0 Å². The van der Waals surface area contributed by atoms with E-state index in [-0.39, 0.29) is 0 Å². The summed E-state index contributed by atoms with van der Waals surface area (Å²) in [6.07, 6.45) is 2.30. The van der Waals surface area contributed by atoms with Crippen molar-refractivity contribution in [2.45, 2.75) is 18.8 Å². The van der Waals surface area contributed by atoms with Gasteiger partial charge in [-0.2, -0.15) is 5.26 Å². The van der Waals surface area contributed by atoms with Crippen LogP contribution in [-0.4, -0.2) is 9.97 Å².